The van der Waals surface area contributed by atoms with Crippen LogP contribution in [0.5, 0.6) is 0 Å². The second-order valence-electron chi connectivity index (χ2n) is 5.36. The van der Waals surface area contributed by atoms with Crippen molar-refractivity contribution in [2.24, 2.45) is 9.98 Å². The maximum absolute atomic E-state index is 13.5. The summed E-state index contributed by atoms with van der Waals surface area (Å²) in [4.78, 5) is 8.22. The number of benzene rings is 3. The largest absolute Gasteiger partial charge is 0.256 e. The lowest BCUT2D eigenvalue weighted by Gasteiger charge is -1.99. The first-order valence-corrected chi connectivity index (χ1v) is 7.59. The van der Waals surface area contributed by atoms with E-state index in [0.717, 1.165) is 24.3 Å². The molecule has 0 bridgehead atoms. The van der Waals surface area contributed by atoms with Crippen LogP contribution in [0.15, 0.2) is 70.6 Å². The summed E-state index contributed by atoms with van der Waals surface area (Å²) in [5, 5.41) is 0. The van der Waals surface area contributed by atoms with Crippen LogP contribution in [0.1, 0.15) is 11.1 Å². The molecule has 0 aromatic heterocycles. The van der Waals surface area contributed by atoms with Crippen LogP contribution in [-0.4, -0.2) is 12.4 Å². The van der Waals surface area contributed by atoms with Crippen molar-refractivity contribution in [1.29, 1.82) is 0 Å². The second-order valence-corrected chi connectivity index (χ2v) is 5.36. The van der Waals surface area contributed by atoms with Crippen molar-refractivity contribution in [3.8, 4) is 0 Å². The van der Waals surface area contributed by atoms with Gasteiger partial charge >= 0.3 is 0 Å². The minimum absolute atomic E-state index is 0.167. The molecule has 6 heteroatoms. The topological polar surface area (TPSA) is 24.7 Å². The van der Waals surface area contributed by atoms with E-state index in [1.807, 2.05) is 0 Å². The average molecular weight is 356 g/mol. The van der Waals surface area contributed by atoms with E-state index in [-0.39, 0.29) is 11.1 Å². The van der Waals surface area contributed by atoms with Gasteiger partial charge < -0.3 is 0 Å². The number of rotatable bonds is 4. The molecule has 2 nitrogen and oxygen atoms in total. The van der Waals surface area contributed by atoms with Crippen LogP contribution >= 0.6 is 0 Å². The molecule has 3 aromatic carbocycles. The third kappa shape index (κ3) is 4.42. The molecule has 0 fully saturated rings. The molecular weight excluding hydrogens is 344 g/mol. The highest BCUT2D eigenvalue weighted by molar-refractivity contribution is 5.83. The van der Waals surface area contributed by atoms with E-state index in [0.29, 0.717) is 11.4 Å². The molecule has 0 heterocycles. The summed E-state index contributed by atoms with van der Waals surface area (Å²) in [7, 11) is 0. The van der Waals surface area contributed by atoms with Crippen molar-refractivity contribution in [3.05, 3.63) is 95.1 Å². The monoisotopic (exact) mass is 356 g/mol. The van der Waals surface area contributed by atoms with Gasteiger partial charge in [0.05, 0.1) is 11.4 Å². The van der Waals surface area contributed by atoms with E-state index in [9.17, 15) is 17.6 Å². The fraction of sp³-hybridized carbons (Fsp3) is 0. The van der Waals surface area contributed by atoms with Gasteiger partial charge in [0.15, 0.2) is 0 Å². The molecule has 0 saturated carbocycles. The Morgan fingerprint density at radius 2 is 0.923 bits per heavy atom. The van der Waals surface area contributed by atoms with Gasteiger partial charge in [0.1, 0.15) is 23.3 Å². The number of hydrogen-bond donors (Lipinski definition) is 0. The summed E-state index contributed by atoms with van der Waals surface area (Å²) in [6.07, 6.45) is 2.59. The fourth-order valence-electron chi connectivity index (χ4n) is 2.13. The average Bonchev–Trinajstić information content (AvgIpc) is 2.61. The van der Waals surface area contributed by atoms with E-state index in [1.165, 1.54) is 24.6 Å². The predicted octanol–water partition coefficient (Wildman–Crippen LogP) is 5.74. The fourth-order valence-corrected chi connectivity index (χ4v) is 2.13. The normalized spacial score (nSPS) is 11.5. The second kappa shape index (κ2) is 7.74. The highest BCUT2D eigenvalue weighted by Crippen LogP contribution is 2.19. The van der Waals surface area contributed by atoms with Crippen molar-refractivity contribution in [3.63, 3.8) is 0 Å². The maximum Gasteiger partial charge on any atom is 0.134 e. The number of aliphatic imine (C=N–C) groups is 2. The van der Waals surface area contributed by atoms with Gasteiger partial charge in [-0.15, -0.1) is 0 Å². The SMILES string of the molecule is Fc1ccc(C=Nc2ccc(N=Cc3ccc(F)cc3F)cc2)c(F)c1. The Balaban J connectivity index is 1.72. The maximum atomic E-state index is 13.5. The van der Waals surface area contributed by atoms with Crippen molar-refractivity contribution < 1.29 is 17.6 Å². The quantitative estimate of drug-likeness (QED) is 0.420. The zero-order valence-corrected chi connectivity index (χ0v) is 13.3. The Bertz CT molecular complexity index is 899. The smallest absolute Gasteiger partial charge is 0.134 e. The summed E-state index contributed by atoms with van der Waals surface area (Å²) < 4.78 is 52.8. The van der Waals surface area contributed by atoms with E-state index in [1.54, 1.807) is 24.3 Å². The number of hydrogen-bond acceptors (Lipinski definition) is 2. The van der Waals surface area contributed by atoms with Crippen LogP contribution in [0, 0.1) is 23.3 Å². The van der Waals surface area contributed by atoms with Gasteiger partial charge in [0.25, 0.3) is 0 Å². The lowest BCUT2D eigenvalue weighted by atomic mass is 10.2. The van der Waals surface area contributed by atoms with Crippen molar-refractivity contribution >= 4 is 23.8 Å². The molecule has 0 N–H and O–H groups in total. The van der Waals surface area contributed by atoms with Crippen molar-refractivity contribution in [2.45, 2.75) is 0 Å². The molecule has 0 spiro atoms. The van der Waals surface area contributed by atoms with Crippen LogP contribution in [0.2, 0.25) is 0 Å². The lowest BCUT2D eigenvalue weighted by molar-refractivity contribution is 0.581. The molecular formula is C20H12F4N2. The number of halogens is 4. The van der Waals surface area contributed by atoms with Gasteiger partial charge in [0, 0.05) is 35.7 Å². The molecule has 0 aliphatic carbocycles. The molecule has 0 unspecified atom stereocenters. The highest BCUT2D eigenvalue weighted by atomic mass is 19.1. The van der Waals surface area contributed by atoms with E-state index >= 15 is 0 Å². The van der Waals surface area contributed by atoms with Gasteiger partial charge in [-0.2, -0.15) is 0 Å². The Hall–Kier alpha value is -3.28. The van der Waals surface area contributed by atoms with Crippen LogP contribution in [0.3, 0.4) is 0 Å². The minimum atomic E-state index is -0.698. The van der Waals surface area contributed by atoms with Crippen LogP contribution in [0.4, 0.5) is 28.9 Å². The molecule has 0 atom stereocenters. The van der Waals surface area contributed by atoms with Gasteiger partial charge in [0.2, 0.25) is 0 Å². The first-order valence-electron chi connectivity index (χ1n) is 7.59. The molecule has 0 radical (unpaired) electrons. The Labute approximate surface area is 147 Å². The van der Waals surface area contributed by atoms with Crippen LogP contribution < -0.4 is 0 Å². The molecule has 0 amide bonds. The van der Waals surface area contributed by atoms with Crippen LogP contribution in [-0.2, 0) is 0 Å². The van der Waals surface area contributed by atoms with Crippen molar-refractivity contribution in [2.75, 3.05) is 0 Å². The minimum Gasteiger partial charge on any atom is -0.256 e. The Kier molecular flexibility index (Phi) is 5.22. The van der Waals surface area contributed by atoms with Gasteiger partial charge in [-0.05, 0) is 48.5 Å². The Morgan fingerprint density at radius 1 is 0.538 bits per heavy atom. The molecule has 0 saturated heterocycles. The lowest BCUT2D eigenvalue weighted by Crippen LogP contribution is -1.89. The van der Waals surface area contributed by atoms with Crippen LogP contribution in [0.25, 0.3) is 0 Å². The summed E-state index contributed by atoms with van der Waals surface area (Å²) in [5.41, 5.74) is 1.42. The van der Waals surface area contributed by atoms with Crippen molar-refractivity contribution in [1.82, 2.24) is 0 Å². The summed E-state index contributed by atoms with van der Waals surface area (Å²) in [6.45, 7) is 0. The molecule has 0 aliphatic rings. The zero-order valence-electron chi connectivity index (χ0n) is 13.3. The Morgan fingerprint density at radius 3 is 1.27 bits per heavy atom. The first-order chi connectivity index (χ1) is 12.5. The molecule has 130 valence electrons. The third-order valence-corrected chi connectivity index (χ3v) is 3.48. The highest BCUT2D eigenvalue weighted by Gasteiger charge is 2.02. The standard InChI is InChI=1S/C20H12F4N2/c21-15-3-1-13(19(23)9-15)11-25-17-5-7-18(8-6-17)26-12-14-2-4-16(22)10-20(14)24/h1-12H. The summed E-state index contributed by atoms with van der Waals surface area (Å²) in [5.74, 6) is -2.70. The van der Waals surface area contributed by atoms with Gasteiger partial charge in [-0.3, -0.25) is 9.98 Å². The third-order valence-electron chi connectivity index (χ3n) is 3.48. The van der Waals surface area contributed by atoms with Gasteiger partial charge in [-0.1, -0.05) is 0 Å². The van der Waals surface area contributed by atoms with E-state index in [4.69, 9.17) is 0 Å². The first kappa shape index (κ1) is 17.5. The predicted molar refractivity (Wildman–Crippen MR) is 93.7 cm³/mol. The summed E-state index contributed by atoms with van der Waals surface area (Å²) in [6, 6.07) is 13.0. The van der Waals surface area contributed by atoms with Gasteiger partial charge in [-0.25, -0.2) is 17.6 Å². The summed E-state index contributed by atoms with van der Waals surface area (Å²) >= 11 is 0. The molecule has 3 rings (SSSR count). The molecule has 3 aromatic rings. The van der Waals surface area contributed by atoms with E-state index in [2.05, 4.69) is 9.98 Å². The molecule has 26 heavy (non-hydrogen) atoms. The zero-order chi connectivity index (χ0) is 18.5. The molecule has 0 aliphatic heterocycles. The van der Waals surface area contributed by atoms with E-state index < -0.39 is 23.3 Å². The number of nitrogens with zero attached hydrogens (tertiary/aromatic N) is 2.